The lowest BCUT2D eigenvalue weighted by atomic mass is 10.1. The molecule has 106 valence electrons. The van der Waals surface area contributed by atoms with Gasteiger partial charge in [-0.1, -0.05) is 30.0 Å². The van der Waals surface area contributed by atoms with Crippen LogP contribution < -0.4 is 10.4 Å². The van der Waals surface area contributed by atoms with Gasteiger partial charge in [0, 0.05) is 23.4 Å². The molecule has 1 aliphatic heterocycles. The molecular weight excluding hydrogens is 276 g/mol. The molecule has 0 bridgehead atoms. The number of non-ortho nitro benzene ring substituents is 1. The van der Waals surface area contributed by atoms with Gasteiger partial charge < -0.3 is 15.2 Å². The summed E-state index contributed by atoms with van der Waals surface area (Å²) >= 11 is 0. The number of nitro benzene ring substituents is 1. The molecule has 1 N–H and O–H groups in total. The molecule has 2 aromatic rings. The lowest BCUT2D eigenvalue weighted by molar-refractivity contribution is -0.385. The van der Waals surface area contributed by atoms with Gasteiger partial charge in [0.05, 0.1) is 10.5 Å². The second-order valence-corrected chi connectivity index (χ2v) is 4.45. The van der Waals surface area contributed by atoms with Crippen molar-refractivity contribution in [3.8, 4) is 5.75 Å². The second-order valence-electron chi connectivity index (χ2n) is 4.45. The zero-order chi connectivity index (χ0) is 15.0. The third-order valence-electron chi connectivity index (χ3n) is 3.15. The quantitative estimate of drug-likeness (QED) is 0.525. The van der Waals surface area contributed by atoms with Crippen LogP contribution in [0.5, 0.6) is 5.75 Å². The molecule has 0 saturated heterocycles. The van der Waals surface area contributed by atoms with E-state index in [-0.39, 0.29) is 11.4 Å². The predicted molar refractivity (Wildman–Crippen MR) is 70.8 cm³/mol. The number of hydrogen-bond donors (Lipinski definition) is 1. The SMILES string of the molecule is O=C1O[C@@H](Nc2cc([N+](=O)[O-])ccc2[O-])c2ccccc21. The molecule has 7 nitrogen and oxygen atoms in total. The first kappa shape index (κ1) is 12.9. The van der Waals surface area contributed by atoms with E-state index < -0.39 is 22.9 Å². The highest BCUT2D eigenvalue weighted by Crippen LogP contribution is 2.34. The van der Waals surface area contributed by atoms with Crippen molar-refractivity contribution in [2.75, 3.05) is 5.32 Å². The maximum Gasteiger partial charge on any atom is 0.340 e. The highest BCUT2D eigenvalue weighted by Gasteiger charge is 2.30. The first-order valence-corrected chi connectivity index (χ1v) is 6.08. The van der Waals surface area contributed by atoms with Crippen LogP contribution in [0.3, 0.4) is 0 Å². The Morgan fingerprint density at radius 3 is 2.71 bits per heavy atom. The molecule has 0 saturated carbocycles. The van der Waals surface area contributed by atoms with E-state index in [0.717, 1.165) is 18.2 Å². The molecule has 1 aliphatic rings. The van der Waals surface area contributed by atoms with E-state index in [2.05, 4.69) is 5.32 Å². The van der Waals surface area contributed by atoms with Gasteiger partial charge in [-0.05, 0) is 6.07 Å². The van der Waals surface area contributed by atoms with Crippen LogP contribution in [0.2, 0.25) is 0 Å². The minimum atomic E-state index is -0.830. The topological polar surface area (TPSA) is 105 Å². The van der Waals surface area contributed by atoms with Gasteiger partial charge in [-0.2, -0.15) is 0 Å². The molecule has 0 spiro atoms. The van der Waals surface area contributed by atoms with Gasteiger partial charge in [0.15, 0.2) is 0 Å². The number of hydrogen-bond acceptors (Lipinski definition) is 6. The van der Waals surface area contributed by atoms with Gasteiger partial charge in [-0.15, -0.1) is 0 Å². The number of anilines is 1. The van der Waals surface area contributed by atoms with Gasteiger partial charge >= 0.3 is 5.97 Å². The normalized spacial score (nSPS) is 16.2. The van der Waals surface area contributed by atoms with E-state index in [0.29, 0.717) is 11.1 Å². The Morgan fingerprint density at radius 1 is 1.19 bits per heavy atom. The molecule has 0 aromatic heterocycles. The second kappa shape index (κ2) is 4.78. The molecular formula is C14H9N2O5-. The minimum Gasteiger partial charge on any atom is -0.871 e. The van der Waals surface area contributed by atoms with E-state index >= 15 is 0 Å². The summed E-state index contributed by atoms with van der Waals surface area (Å²) in [4.78, 5) is 21.8. The number of rotatable bonds is 3. The van der Waals surface area contributed by atoms with Crippen molar-refractivity contribution in [1.29, 1.82) is 0 Å². The molecule has 7 heteroatoms. The van der Waals surface area contributed by atoms with Crippen molar-refractivity contribution in [2.24, 2.45) is 0 Å². The number of carbonyl (C=O) groups excluding carboxylic acids is 1. The molecule has 0 fully saturated rings. The molecule has 0 unspecified atom stereocenters. The number of cyclic esters (lactones) is 1. The molecule has 0 amide bonds. The van der Waals surface area contributed by atoms with Crippen LogP contribution in [-0.2, 0) is 4.74 Å². The number of nitrogens with zero attached hydrogens (tertiary/aromatic N) is 1. The standard InChI is InChI=1S/C14H10N2O5/c17-12-6-5-8(16(19)20)7-11(12)15-13-9-3-1-2-4-10(9)14(18)21-13/h1-7,13,15,17H/p-1/t13-/m1/s1. The third-order valence-corrected chi connectivity index (χ3v) is 3.15. The monoisotopic (exact) mass is 285 g/mol. The lowest BCUT2D eigenvalue weighted by Crippen LogP contribution is -2.12. The van der Waals surface area contributed by atoms with E-state index in [9.17, 15) is 20.0 Å². The molecule has 2 aromatic carbocycles. The molecule has 1 heterocycles. The fourth-order valence-electron chi connectivity index (χ4n) is 2.14. The van der Waals surface area contributed by atoms with Gasteiger partial charge in [-0.25, -0.2) is 4.79 Å². The Morgan fingerprint density at radius 2 is 1.95 bits per heavy atom. The molecule has 1 atom stereocenters. The Labute approximate surface area is 118 Å². The molecule has 0 radical (unpaired) electrons. The summed E-state index contributed by atoms with van der Waals surface area (Å²) < 4.78 is 5.13. The predicted octanol–water partition coefficient (Wildman–Crippen LogP) is 1.95. The van der Waals surface area contributed by atoms with Crippen LogP contribution in [0.25, 0.3) is 0 Å². The average molecular weight is 285 g/mol. The van der Waals surface area contributed by atoms with E-state index in [1.54, 1.807) is 24.3 Å². The van der Waals surface area contributed by atoms with Crippen molar-refractivity contribution >= 4 is 17.3 Å². The highest BCUT2D eigenvalue weighted by molar-refractivity contribution is 5.94. The van der Waals surface area contributed by atoms with Crippen LogP contribution in [0.4, 0.5) is 11.4 Å². The summed E-state index contributed by atoms with van der Waals surface area (Å²) in [6, 6.07) is 10.1. The van der Waals surface area contributed by atoms with Crippen LogP contribution in [-0.4, -0.2) is 10.9 Å². The number of fused-ring (bicyclic) bond motifs is 1. The minimum absolute atomic E-state index is 0.0127. The summed E-state index contributed by atoms with van der Waals surface area (Å²) in [5.41, 5.74) is 0.801. The van der Waals surface area contributed by atoms with Gasteiger partial charge in [0.25, 0.3) is 5.69 Å². The van der Waals surface area contributed by atoms with Crippen LogP contribution >= 0.6 is 0 Å². The van der Waals surface area contributed by atoms with Crippen LogP contribution in [0.15, 0.2) is 42.5 Å². The summed E-state index contributed by atoms with van der Waals surface area (Å²) in [5, 5.41) is 25.2. The number of ether oxygens (including phenoxy) is 1. The zero-order valence-corrected chi connectivity index (χ0v) is 10.6. The third kappa shape index (κ3) is 2.25. The number of esters is 1. The molecule has 21 heavy (non-hydrogen) atoms. The van der Waals surface area contributed by atoms with E-state index in [1.165, 1.54) is 0 Å². The van der Waals surface area contributed by atoms with Crippen molar-refractivity contribution in [3.05, 3.63) is 63.7 Å². The Hall–Kier alpha value is -3.09. The van der Waals surface area contributed by atoms with Crippen molar-refractivity contribution < 1.29 is 19.6 Å². The van der Waals surface area contributed by atoms with E-state index in [4.69, 9.17) is 4.74 Å². The fourth-order valence-corrected chi connectivity index (χ4v) is 2.14. The van der Waals surface area contributed by atoms with Crippen molar-refractivity contribution in [2.45, 2.75) is 6.23 Å². The first-order chi connectivity index (χ1) is 10.1. The maximum absolute atomic E-state index is 11.7. The maximum atomic E-state index is 11.7. The van der Waals surface area contributed by atoms with Crippen molar-refractivity contribution in [3.63, 3.8) is 0 Å². The number of nitrogens with one attached hydrogen (secondary N) is 1. The highest BCUT2D eigenvalue weighted by atomic mass is 16.6. The summed E-state index contributed by atoms with van der Waals surface area (Å²) in [6.07, 6.45) is -0.830. The number of nitro groups is 1. The number of carbonyl (C=O) groups is 1. The Bertz CT molecular complexity index is 744. The van der Waals surface area contributed by atoms with Gasteiger partial charge in [0.1, 0.15) is 0 Å². The van der Waals surface area contributed by atoms with Crippen molar-refractivity contribution in [1.82, 2.24) is 0 Å². The zero-order valence-electron chi connectivity index (χ0n) is 10.6. The summed E-state index contributed by atoms with van der Waals surface area (Å²) in [7, 11) is 0. The largest absolute Gasteiger partial charge is 0.871 e. The lowest BCUT2D eigenvalue weighted by Gasteiger charge is -2.19. The summed E-state index contributed by atoms with van der Waals surface area (Å²) in [6.45, 7) is 0. The first-order valence-electron chi connectivity index (χ1n) is 6.08. The average Bonchev–Trinajstić information content (AvgIpc) is 2.78. The Kier molecular flexibility index (Phi) is 2.94. The number of benzene rings is 2. The van der Waals surface area contributed by atoms with Gasteiger partial charge in [-0.3, -0.25) is 10.1 Å². The molecule has 3 rings (SSSR count). The fraction of sp³-hybridized carbons (Fsp3) is 0.0714. The van der Waals surface area contributed by atoms with E-state index in [1.807, 2.05) is 0 Å². The van der Waals surface area contributed by atoms with Crippen LogP contribution in [0, 0.1) is 10.1 Å². The summed E-state index contributed by atoms with van der Waals surface area (Å²) in [5.74, 6) is -0.915. The smallest absolute Gasteiger partial charge is 0.340 e. The Balaban J connectivity index is 1.93. The molecule has 0 aliphatic carbocycles. The van der Waals surface area contributed by atoms with Crippen LogP contribution in [0.1, 0.15) is 22.1 Å². The van der Waals surface area contributed by atoms with Gasteiger partial charge in [0.2, 0.25) is 6.23 Å².